The summed E-state index contributed by atoms with van der Waals surface area (Å²) in [6.07, 6.45) is -5.52. The first-order valence-electron chi connectivity index (χ1n) is 3.83. The molecule has 1 fully saturated rings. The van der Waals surface area contributed by atoms with E-state index < -0.39 is 12.3 Å². The lowest BCUT2D eigenvalue weighted by molar-refractivity contribution is -0.236. The predicted octanol–water partition coefficient (Wildman–Crippen LogP) is 1.34. The Balaban J connectivity index is 2.36. The molecule has 0 bridgehead atoms. The van der Waals surface area contributed by atoms with Gasteiger partial charge in [-0.2, -0.15) is 13.2 Å². The van der Waals surface area contributed by atoms with Crippen LogP contribution in [0.4, 0.5) is 13.2 Å². The molecule has 0 aliphatic carbocycles. The van der Waals surface area contributed by atoms with Crippen LogP contribution in [-0.2, 0) is 4.74 Å². The SMILES string of the molecule is OC[C@@H]1CC[C@@H](C(F)(F)F)OC1. The zero-order valence-electron chi connectivity index (χ0n) is 6.47. The lowest BCUT2D eigenvalue weighted by Crippen LogP contribution is -2.38. The summed E-state index contributed by atoms with van der Waals surface area (Å²) in [5.74, 6) is -0.122. The van der Waals surface area contributed by atoms with E-state index in [2.05, 4.69) is 4.74 Å². The minimum Gasteiger partial charge on any atom is -0.396 e. The van der Waals surface area contributed by atoms with Crippen molar-refractivity contribution in [3.63, 3.8) is 0 Å². The minimum absolute atomic E-state index is 0.0146. The largest absolute Gasteiger partial charge is 0.414 e. The molecular weight excluding hydrogens is 173 g/mol. The van der Waals surface area contributed by atoms with Crippen LogP contribution in [0.25, 0.3) is 0 Å². The standard InChI is InChI=1S/C7H11F3O2/c8-7(9,10)6-2-1-5(3-11)4-12-6/h5-6,11H,1-4H2/t5-,6-/m0/s1. The maximum Gasteiger partial charge on any atom is 0.414 e. The highest BCUT2D eigenvalue weighted by Crippen LogP contribution is 2.31. The molecule has 1 aliphatic rings. The first-order valence-corrected chi connectivity index (χ1v) is 3.83. The normalized spacial score (nSPS) is 32.0. The summed E-state index contributed by atoms with van der Waals surface area (Å²) in [7, 11) is 0. The molecule has 0 spiro atoms. The van der Waals surface area contributed by atoms with Crippen molar-refractivity contribution >= 4 is 0 Å². The van der Waals surface area contributed by atoms with Gasteiger partial charge in [0.25, 0.3) is 0 Å². The van der Waals surface area contributed by atoms with Crippen LogP contribution in [0.3, 0.4) is 0 Å². The highest BCUT2D eigenvalue weighted by molar-refractivity contribution is 4.75. The molecular formula is C7H11F3O2. The Kier molecular flexibility index (Phi) is 2.95. The van der Waals surface area contributed by atoms with Crippen molar-refractivity contribution in [2.45, 2.75) is 25.1 Å². The minimum atomic E-state index is -4.25. The molecule has 1 rings (SSSR count). The van der Waals surface area contributed by atoms with Crippen molar-refractivity contribution in [3.8, 4) is 0 Å². The van der Waals surface area contributed by atoms with E-state index in [1.54, 1.807) is 0 Å². The number of ether oxygens (including phenoxy) is 1. The molecule has 0 aromatic heterocycles. The lowest BCUT2D eigenvalue weighted by Gasteiger charge is -2.29. The van der Waals surface area contributed by atoms with Crippen LogP contribution in [0.1, 0.15) is 12.8 Å². The van der Waals surface area contributed by atoms with Gasteiger partial charge in [-0.3, -0.25) is 0 Å². The molecule has 0 amide bonds. The number of alkyl halides is 3. The van der Waals surface area contributed by atoms with Gasteiger partial charge in [-0.05, 0) is 12.8 Å². The molecule has 12 heavy (non-hydrogen) atoms. The number of rotatable bonds is 1. The molecule has 0 unspecified atom stereocenters. The summed E-state index contributed by atoms with van der Waals surface area (Å²) >= 11 is 0. The van der Waals surface area contributed by atoms with E-state index in [1.807, 2.05) is 0 Å². The fourth-order valence-electron chi connectivity index (χ4n) is 1.21. The van der Waals surface area contributed by atoms with E-state index in [-0.39, 0.29) is 25.6 Å². The predicted molar refractivity (Wildman–Crippen MR) is 35.6 cm³/mol. The Bertz CT molecular complexity index is 138. The van der Waals surface area contributed by atoms with Crippen LogP contribution in [-0.4, -0.2) is 30.6 Å². The average Bonchev–Trinajstić information content (AvgIpc) is 2.03. The van der Waals surface area contributed by atoms with Crippen LogP contribution in [0.2, 0.25) is 0 Å². The van der Waals surface area contributed by atoms with E-state index in [9.17, 15) is 13.2 Å². The Morgan fingerprint density at radius 3 is 2.33 bits per heavy atom. The number of aliphatic hydroxyl groups is 1. The molecule has 2 nitrogen and oxygen atoms in total. The number of halogens is 3. The Morgan fingerprint density at radius 1 is 1.33 bits per heavy atom. The Morgan fingerprint density at radius 2 is 2.00 bits per heavy atom. The summed E-state index contributed by atoms with van der Waals surface area (Å²) in [5, 5.41) is 8.62. The topological polar surface area (TPSA) is 29.5 Å². The van der Waals surface area contributed by atoms with Gasteiger partial charge in [0.15, 0.2) is 6.10 Å². The van der Waals surface area contributed by atoms with Gasteiger partial charge in [-0.25, -0.2) is 0 Å². The summed E-state index contributed by atoms with van der Waals surface area (Å²) in [4.78, 5) is 0. The fraction of sp³-hybridized carbons (Fsp3) is 1.00. The highest BCUT2D eigenvalue weighted by atomic mass is 19.4. The zero-order valence-corrected chi connectivity index (χ0v) is 6.47. The van der Waals surface area contributed by atoms with Crippen LogP contribution >= 0.6 is 0 Å². The van der Waals surface area contributed by atoms with Gasteiger partial charge in [0, 0.05) is 12.5 Å². The molecule has 0 aromatic carbocycles. The van der Waals surface area contributed by atoms with Gasteiger partial charge in [0.2, 0.25) is 0 Å². The third kappa shape index (κ3) is 2.35. The molecule has 0 aromatic rings. The smallest absolute Gasteiger partial charge is 0.396 e. The molecule has 1 heterocycles. The summed E-state index contributed by atoms with van der Waals surface area (Å²) < 4.78 is 40.5. The average molecular weight is 184 g/mol. The maximum absolute atomic E-state index is 12.0. The Labute approximate surface area is 68.3 Å². The van der Waals surface area contributed by atoms with Gasteiger partial charge >= 0.3 is 6.18 Å². The zero-order chi connectivity index (χ0) is 9.19. The first kappa shape index (κ1) is 9.80. The van der Waals surface area contributed by atoms with Gasteiger partial charge in [-0.1, -0.05) is 0 Å². The molecule has 72 valence electrons. The van der Waals surface area contributed by atoms with Crippen molar-refractivity contribution in [1.82, 2.24) is 0 Å². The molecule has 0 radical (unpaired) electrons. The Hall–Kier alpha value is -0.290. The van der Waals surface area contributed by atoms with Crippen molar-refractivity contribution < 1.29 is 23.0 Å². The highest BCUT2D eigenvalue weighted by Gasteiger charge is 2.42. The second-order valence-corrected chi connectivity index (χ2v) is 2.99. The lowest BCUT2D eigenvalue weighted by atomic mass is 9.99. The van der Waals surface area contributed by atoms with Crippen LogP contribution in [0.15, 0.2) is 0 Å². The molecule has 1 aliphatic heterocycles. The molecule has 1 N–H and O–H groups in total. The van der Waals surface area contributed by atoms with Crippen molar-refractivity contribution in [1.29, 1.82) is 0 Å². The van der Waals surface area contributed by atoms with Gasteiger partial charge < -0.3 is 9.84 Å². The van der Waals surface area contributed by atoms with E-state index >= 15 is 0 Å². The van der Waals surface area contributed by atoms with Gasteiger partial charge in [0.05, 0.1) is 6.61 Å². The number of hydrogen-bond donors (Lipinski definition) is 1. The third-order valence-corrected chi connectivity index (χ3v) is 1.99. The van der Waals surface area contributed by atoms with Crippen LogP contribution in [0, 0.1) is 5.92 Å². The summed E-state index contributed by atoms with van der Waals surface area (Å²) in [5.41, 5.74) is 0. The van der Waals surface area contributed by atoms with E-state index in [4.69, 9.17) is 5.11 Å². The van der Waals surface area contributed by atoms with Crippen LogP contribution < -0.4 is 0 Å². The molecule has 5 heteroatoms. The maximum atomic E-state index is 12.0. The fourth-order valence-corrected chi connectivity index (χ4v) is 1.21. The molecule has 0 saturated carbocycles. The van der Waals surface area contributed by atoms with E-state index in [1.165, 1.54) is 0 Å². The van der Waals surface area contributed by atoms with Crippen molar-refractivity contribution in [2.75, 3.05) is 13.2 Å². The van der Waals surface area contributed by atoms with Gasteiger partial charge in [-0.15, -0.1) is 0 Å². The second kappa shape index (κ2) is 3.62. The molecule has 1 saturated heterocycles. The van der Waals surface area contributed by atoms with E-state index in [0.29, 0.717) is 6.42 Å². The van der Waals surface area contributed by atoms with Crippen LogP contribution in [0.5, 0.6) is 0 Å². The van der Waals surface area contributed by atoms with Crippen molar-refractivity contribution in [2.24, 2.45) is 5.92 Å². The van der Waals surface area contributed by atoms with E-state index in [0.717, 1.165) is 0 Å². The third-order valence-electron chi connectivity index (χ3n) is 1.99. The molecule has 2 atom stereocenters. The van der Waals surface area contributed by atoms with Gasteiger partial charge in [0.1, 0.15) is 0 Å². The first-order chi connectivity index (χ1) is 5.54. The number of aliphatic hydroxyl groups excluding tert-OH is 1. The monoisotopic (exact) mass is 184 g/mol. The second-order valence-electron chi connectivity index (χ2n) is 2.99. The summed E-state index contributed by atoms with van der Waals surface area (Å²) in [6, 6.07) is 0. The number of hydrogen-bond acceptors (Lipinski definition) is 2. The van der Waals surface area contributed by atoms with Crippen molar-refractivity contribution in [3.05, 3.63) is 0 Å². The summed E-state index contributed by atoms with van der Waals surface area (Å²) in [6.45, 7) is -0.0781. The quantitative estimate of drug-likeness (QED) is 0.666.